The van der Waals surface area contributed by atoms with Gasteiger partial charge in [-0.3, -0.25) is 4.18 Å². The number of fused-ring (bicyclic) bond motifs is 1. The molecule has 0 aromatic heterocycles. The van der Waals surface area contributed by atoms with Gasteiger partial charge in [0.15, 0.2) is 0 Å². The van der Waals surface area contributed by atoms with Crippen LogP contribution in [0, 0.1) is 19.7 Å². The summed E-state index contributed by atoms with van der Waals surface area (Å²) in [6.07, 6.45) is -0.170. The molecule has 150 valence electrons. The van der Waals surface area contributed by atoms with Gasteiger partial charge in [0.1, 0.15) is 22.6 Å². The molecule has 1 aliphatic rings. The molecule has 6 heteroatoms. The van der Waals surface area contributed by atoms with E-state index in [4.69, 9.17) is 8.92 Å². The molecule has 1 atom stereocenters. The maximum absolute atomic E-state index is 14.4. The third kappa shape index (κ3) is 3.54. The molecule has 0 N–H and O–H groups in total. The molecular weight excluding hydrogens is 391 g/mol. The highest BCUT2D eigenvalue weighted by Crippen LogP contribution is 2.45. The van der Waals surface area contributed by atoms with Crippen molar-refractivity contribution in [3.8, 4) is 16.9 Å². The van der Waals surface area contributed by atoms with Crippen molar-refractivity contribution in [1.82, 2.24) is 0 Å². The number of hydrogen-bond acceptors (Lipinski definition) is 4. The summed E-state index contributed by atoms with van der Waals surface area (Å²) in [7, 11) is -2.77. The monoisotopic (exact) mass is 412 g/mol. The average molecular weight is 412 g/mol. The van der Waals surface area contributed by atoms with E-state index in [1.54, 1.807) is 12.1 Å². The van der Waals surface area contributed by atoms with Crippen LogP contribution in [-0.4, -0.2) is 15.5 Å². The number of halogens is 1. The molecule has 0 aliphatic carbocycles. The maximum Gasteiger partial charge on any atom is 0.297 e. The van der Waals surface area contributed by atoms with Crippen molar-refractivity contribution in [1.29, 1.82) is 0 Å². The van der Waals surface area contributed by atoms with E-state index in [0.717, 1.165) is 29.4 Å². The molecule has 4 nitrogen and oxygen atoms in total. The summed E-state index contributed by atoms with van der Waals surface area (Å²) in [6, 6.07) is 15.7. The summed E-state index contributed by atoms with van der Waals surface area (Å²) >= 11 is 0. The van der Waals surface area contributed by atoms with Crippen LogP contribution >= 0.6 is 0 Å². The molecule has 1 heterocycles. The van der Waals surface area contributed by atoms with E-state index in [-0.39, 0.29) is 10.7 Å². The molecule has 3 aromatic rings. The molecule has 0 fully saturated rings. The zero-order valence-electron chi connectivity index (χ0n) is 16.4. The quantitative estimate of drug-likeness (QED) is 0.558. The van der Waals surface area contributed by atoms with Crippen molar-refractivity contribution in [3.05, 3.63) is 82.7 Å². The van der Waals surface area contributed by atoms with Gasteiger partial charge >= 0.3 is 0 Å². The fraction of sp³-hybridized carbons (Fsp3) is 0.217. The minimum atomic E-state index is -3.90. The van der Waals surface area contributed by atoms with Crippen molar-refractivity contribution < 1.29 is 21.7 Å². The largest absolute Gasteiger partial charge is 0.484 e. The number of benzene rings is 3. The third-order valence-corrected chi connectivity index (χ3v) is 6.58. The maximum atomic E-state index is 14.4. The first-order chi connectivity index (χ1) is 13.8. The van der Waals surface area contributed by atoms with E-state index in [9.17, 15) is 12.8 Å². The molecule has 1 aliphatic heterocycles. The van der Waals surface area contributed by atoms with E-state index in [2.05, 4.69) is 0 Å². The van der Waals surface area contributed by atoms with Gasteiger partial charge in [0.2, 0.25) is 0 Å². The molecule has 4 rings (SSSR count). The van der Waals surface area contributed by atoms with Gasteiger partial charge in [-0.2, -0.15) is 8.42 Å². The standard InChI is InChI=1S/C23H21FO4S/c1-14-8-9-22(29(25,26)27-3)20(10-14)21-12-16-11-17(24)13-19(23(16)28-21)18-7-5-4-6-15(18)2/h4-11,13,21H,12H2,1-3H3. The number of aryl methyl sites for hydroxylation is 2. The van der Waals surface area contributed by atoms with E-state index in [1.807, 2.05) is 38.1 Å². The Morgan fingerprint density at radius 3 is 2.52 bits per heavy atom. The van der Waals surface area contributed by atoms with Gasteiger partial charge < -0.3 is 4.74 Å². The Labute approximate surface area is 170 Å². The minimum Gasteiger partial charge on any atom is -0.484 e. The highest BCUT2D eigenvalue weighted by Gasteiger charge is 2.32. The van der Waals surface area contributed by atoms with Crippen LogP contribution < -0.4 is 4.74 Å². The van der Waals surface area contributed by atoms with Crippen molar-refractivity contribution >= 4 is 10.1 Å². The molecule has 3 aromatic carbocycles. The first kappa shape index (κ1) is 19.6. The Kier molecular flexibility index (Phi) is 4.92. The van der Waals surface area contributed by atoms with E-state index in [1.165, 1.54) is 18.2 Å². The lowest BCUT2D eigenvalue weighted by atomic mass is 9.96. The molecule has 0 saturated carbocycles. The molecule has 0 radical (unpaired) electrons. The molecule has 1 unspecified atom stereocenters. The Morgan fingerprint density at radius 1 is 1.03 bits per heavy atom. The Bertz CT molecular complexity index is 1200. The fourth-order valence-electron chi connectivity index (χ4n) is 3.81. The molecule has 0 bridgehead atoms. The van der Waals surface area contributed by atoms with Crippen LogP contribution in [0.4, 0.5) is 4.39 Å². The summed E-state index contributed by atoms with van der Waals surface area (Å²) in [4.78, 5) is 0.0707. The highest BCUT2D eigenvalue weighted by molar-refractivity contribution is 7.86. The van der Waals surface area contributed by atoms with Gasteiger partial charge in [0.25, 0.3) is 10.1 Å². The molecule has 0 spiro atoms. The predicted octanol–water partition coefficient (Wildman–Crippen LogP) is 5.12. The van der Waals surface area contributed by atoms with E-state index < -0.39 is 16.2 Å². The van der Waals surface area contributed by atoms with E-state index >= 15 is 0 Å². The Hall–Kier alpha value is -2.70. The third-order valence-electron chi connectivity index (χ3n) is 5.23. The lowest BCUT2D eigenvalue weighted by molar-refractivity contribution is 0.235. The van der Waals surface area contributed by atoms with Crippen LogP contribution in [0.15, 0.2) is 59.5 Å². The topological polar surface area (TPSA) is 52.6 Å². The fourth-order valence-corrected chi connectivity index (χ4v) is 4.70. The van der Waals surface area contributed by atoms with Crippen LogP contribution in [0.2, 0.25) is 0 Å². The number of ether oxygens (including phenoxy) is 1. The lowest BCUT2D eigenvalue weighted by Gasteiger charge is -2.17. The summed E-state index contributed by atoms with van der Waals surface area (Å²) < 4.78 is 50.2. The second kappa shape index (κ2) is 7.28. The second-order valence-corrected chi connectivity index (χ2v) is 8.91. The molecular formula is C23H21FO4S. The van der Waals surface area contributed by atoms with Crippen molar-refractivity contribution in [2.24, 2.45) is 0 Å². The van der Waals surface area contributed by atoms with Crippen LogP contribution in [0.1, 0.15) is 28.4 Å². The van der Waals surface area contributed by atoms with Crippen molar-refractivity contribution in [3.63, 3.8) is 0 Å². The molecule has 0 amide bonds. The summed E-state index contributed by atoms with van der Waals surface area (Å²) in [6.45, 7) is 3.84. The summed E-state index contributed by atoms with van der Waals surface area (Å²) in [5, 5.41) is 0. The summed E-state index contributed by atoms with van der Waals surface area (Å²) in [5.41, 5.74) is 4.70. The highest BCUT2D eigenvalue weighted by atomic mass is 32.2. The molecule has 29 heavy (non-hydrogen) atoms. The Morgan fingerprint density at radius 2 is 1.79 bits per heavy atom. The number of rotatable bonds is 4. The van der Waals surface area contributed by atoms with Gasteiger partial charge in [-0.05, 0) is 43.2 Å². The summed E-state index contributed by atoms with van der Waals surface area (Å²) in [5.74, 6) is 0.244. The Balaban J connectivity index is 1.83. The SMILES string of the molecule is COS(=O)(=O)c1ccc(C)cc1C1Cc2cc(F)cc(-c3ccccc3C)c2O1. The first-order valence-corrected chi connectivity index (χ1v) is 10.7. The predicted molar refractivity (Wildman–Crippen MR) is 109 cm³/mol. The van der Waals surface area contributed by atoms with E-state index in [0.29, 0.717) is 23.3 Å². The van der Waals surface area contributed by atoms with Crippen molar-refractivity contribution in [2.75, 3.05) is 7.11 Å². The average Bonchev–Trinajstić information content (AvgIpc) is 3.11. The van der Waals surface area contributed by atoms with Gasteiger partial charge in [-0.1, -0.05) is 42.0 Å². The zero-order valence-corrected chi connectivity index (χ0v) is 17.2. The van der Waals surface area contributed by atoms with Crippen molar-refractivity contribution in [2.45, 2.75) is 31.3 Å². The first-order valence-electron chi connectivity index (χ1n) is 9.26. The van der Waals surface area contributed by atoms with Gasteiger partial charge in [-0.15, -0.1) is 0 Å². The van der Waals surface area contributed by atoms with Gasteiger partial charge in [-0.25, -0.2) is 4.39 Å². The van der Waals surface area contributed by atoms with Crippen LogP contribution in [0.3, 0.4) is 0 Å². The molecule has 0 saturated heterocycles. The zero-order chi connectivity index (χ0) is 20.8. The van der Waals surface area contributed by atoms with Gasteiger partial charge in [0, 0.05) is 23.1 Å². The van der Waals surface area contributed by atoms with Gasteiger partial charge in [0.05, 0.1) is 7.11 Å². The minimum absolute atomic E-state index is 0.0707. The number of hydrogen-bond donors (Lipinski definition) is 0. The normalized spacial score (nSPS) is 15.8. The second-order valence-electron chi connectivity index (χ2n) is 7.23. The lowest BCUT2D eigenvalue weighted by Crippen LogP contribution is -2.12. The van der Waals surface area contributed by atoms with Crippen LogP contribution in [0.25, 0.3) is 11.1 Å². The van der Waals surface area contributed by atoms with Crippen LogP contribution in [0.5, 0.6) is 5.75 Å². The van der Waals surface area contributed by atoms with Crippen LogP contribution in [-0.2, 0) is 20.7 Å². The smallest absolute Gasteiger partial charge is 0.297 e.